The summed E-state index contributed by atoms with van der Waals surface area (Å²) >= 11 is 9.49. The number of furan rings is 1. The standard InChI is InChI=1S/C24H15BrClNO3/c25-17-12-9-16(10-13-17)23(29)24-22(18-6-2-4-8-20(18)30-24)27-21(28)14-11-15-5-1-3-7-19(15)26/h1-14H,(H,27,28). The molecule has 148 valence electrons. The van der Waals surface area contributed by atoms with Gasteiger partial charge in [-0.2, -0.15) is 0 Å². The molecule has 0 aliphatic carbocycles. The Labute approximate surface area is 186 Å². The van der Waals surface area contributed by atoms with Gasteiger partial charge in [-0.15, -0.1) is 0 Å². The van der Waals surface area contributed by atoms with E-state index in [4.69, 9.17) is 16.0 Å². The van der Waals surface area contributed by atoms with Crippen LogP contribution >= 0.6 is 27.5 Å². The molecular weight excluding hydrogens is 466 g/mol. The van der Waals surface area contributed by atoms with Crippen LogP contribution in [0, 0.1) is 0 Å². The molecule has 0 spiro atoms. The van der Waals surface area contributed by atoms with Gasteiger partial charge in [-0.05, 0) is 54.1 Å². The van der Waals surface area contributed by atoms with E-state index in [1.807, 2.05) is 30.3 Å². The minimum atomic E-state index is -0.397. The van der Waals surface area contributed by atoms with Crippen LogP contribution in [-0.4, -0.2) is 11.7 Å². The number of hydrogen-bond acceptors (Lipinski definition) is 3. The molecule has 30 heavy (non-hydrogen) atoms. The number of ketones is 1. The minimum absolute atomic E-state index is 0.0815. The van der Waals surface area contributed by atoms with E-state index in [1.54, 1.807) is 48.5 Å². The number of benzene rings is 3. The van der Waals surface area contributed by atoms with Crippen molar-refractivity contribution in [3.63, 3.8) is 0 Å². The molecule has 0 saturated carbocycles. The average molecular weight is 481 g/mol. The zero-order valence-corrected chi connectivity index (χ0v) is 17.9. The van der Waals surface area contributed by atoms with E-state index in [0.29, 0.717) is 27.2 Å². The summed E-state index contributed by atoms with van der Waals surface area (Å²) in [6, 6.07) is 21.3. The van der Waals surface area contributed by atoms with Gasteiger partial charge in [0.25, 0.3) is 0 Å². The first-order valence-electron chi connectivity index (χ1n) is 9.08. The van der Waals surface area contributed by atoms with Gasteiger partial charge in [0.15, 0.2) is 5.76 Å². The smallest absolute Gasteiger partial charge is 0.248 e. The zero-order valence-electron chi connectivity index (χ0n) is 15.6. The fourth-order valence-corrected chi connectivity index (χ4v) is 3.47. The van der Waals surface area contributed by atoms with Crippen LogP contribution < -0.4 is 5.32 Å². The molecule has 1 N–H and O–H groups in total. The second-order valence-corrected chi connectivity index (χ2v) is 7.81. The Bertz CT molecular complexity index is 1280. The predicted octanol–water partition coefficient (Wildman–Crippen LogP) is 6.73. The lowest BCUT2D eigenvalue weighted by molar-refractivity contribution is -0.111. The van der Waals surface area contributed by atoms with Crippen LogP contribution in [0.25, 0.3) is 17.0 Å². The molecule has 3 aromatic carbocycles. The van der Waals surface area contributed by atoms with E-state index in [-0.39, 0.29) is 11.5 Å². The molecule has 0 saturated heterocycles. The van der Waals surface area contributed by atoms with Crippen molar-refractivity contribution in [2.45, 2.75) is 0 Å². The maximum Gasteiger partial charge on any atom is 0.248 e. The summed E-state index contributed by atoms with van der Waals surface area (Å²) < 4.78 is 6.67. The number of para-hydroxylation sites is 1. The Morgan fingerprint density at radius 1 is 0.933 bits per heavy atom. The second-order valence-electron chi connectivity index (χ2n) is 6.48. The highest BCUT2D eigenvalue weighted by molar-refractivity contribution is 9.10. The first-order valence-corrected chi connectivity index (χ1v) is 10.3. The normalized spacial score (nSPS) is 11.1. The molecule has 0 fully saturated rings. The van der Waals surface area contributed by atoms with Crippen molar-refractivity contribution >= 4 is 62.0 Å². The van der Waals surface area contributed by atoms with Gasteiger partial charge >= 0.3 is 0 Å². The van der Waals surface area contributed by atoms with Crippen molar-refractivity contribution in [1.29, 1.82) is 0 Å². The Morgan fingerprint density at radius 3 is 2.40 bits per heavy atom. The highest BCUT2D eigenvalue weighted by atomic mass is 79.9. The molecule has 1 aromatic heterocycles. The summed E-state index contributed by atoms with van der Waals surface area (Å²) in [6.45, 7) is 0. The summed E-state index contributed by atoms with van der Waals surface area (Å²) in [7, 11) is 0. The summed E-state index contributed by atoms with van der Waals surface area (Å²) in [5, 5.41) is 3.99. The van der Waals surface area contributed by atoms with E-state index in [0.717, 1.165) is 10.0 Å². The molecule has 4 rings (SSSR count). The molecular formula is C24H15BrClNO3. The Kier molecular flexibility index (Phi) is 5.84. The van der Waals surface area contributed by atoms with Crippen molar-refractivity contribution in [3.8, 4) is 0 Å². The van der Waals surface area contributed by atoms with Gasteiger partial charge in [0.1, 0.15) is 5.58 Å². The summed E-state index contributed by atoms with van der Waals surface area (Å²) in [6.07, 6.45) is 2.99. The molecule has 0 radical (unpaired) electrons. The lowest BCUT2D eigenvalue weighted by Crippen LogP contribution is -2.11. The van der Waals surface area contributed by atoms with E-state index in [9.17, 15) is 9.59 Å². The SMILES string of the molecule is O=C(C=Cc1ccccc1Cl)Nc1c(C(=O)c2ccc(Br)cc2)oc2ccccc12. The van der Waals surface area contributed by atoms with E-state index >= 15 is 0 Å². The average Bonchev–Trinajstić information content (AvgIpc) is 3.11. The van der Waals surface area contributed by atoms with Crippen molar-refractivity contribution in [1.82, 2.24) is 0 Å². The van der Waals surface area contributed by atoms with Crippen LogP contribution in [-0.2, 0) is 4.79 Å². The molecule has 0 unspecified atom stereocenters. The number of hydrogen-bond donors (Lipinski definition) is 1. The Balaban J connectivity index is 1.68. The fourth-order valence-electron chi connectivity index (χ4n) is 3.00. The van der Waals surface area contributed by atoms with Gasteiger partial charge in [0.2, 0.25) is 11.7 Å². The number of anilines is 1. The number of rotatable bonds is 5. The minimum Gasteiger partial charge on any atom is -0.450 e. The summed E-state index contributed by atoms with van der Waals surface area (Å²) in [4.78, 5) is 25.7. The largest absolute Gasteiger partial charge is 0.450 e. The van der Waals surface area contributed by atoms with E-state index < -0.39 is 5.91 Å². The van der Waals surface area contributed by atoms with E-state index in [2.05, 4.69) is 21.2 Å². The monoisotopic (exact) mass is 479 g/mol. The van der Waals surface area contributed by atoms with Crippen LogP contribution in [0.3, 0.4) is 0 Å². The number of amides is 1. The van der Waals surface area contributed by atoms with Crippen LogP contribution in [0.15, 0.2) is 87.8 Å². The third kappa shape index (κ3) is 4.22. The van der Waals surface area contributed by atoms with Crippen LogP contribution in [0.1, 0.15) is 21.7 Å². The molecule has 0 aliphatic rings. The number of carbonyl (C=O) groups is 2. The molecule has 4 nitrogen and oxygen atoms in total. The number of fused-ring (bicyclic) bond motifs is 1. The second kappa shape index (κ2) is 8.69. The molecule has 1 amide bonds. The lowest BCUT2D eigenvalue weighted by atomic mass is 10.1. The van der Waals surface area contributed by atoms with Crippen LogP contribution in [0.5, 0.6) is 0 Å². The highest BCUT2D eigenvalue weighted by Crippen LogP contribution is 2.32. The molecule has 1 heterocycles. The number of halogens is 2. The van der Waals surface area contributed by atoms with Crippen molar-refractivity contribution in [3.05, 3.63) is 105 Å². The third-order valence-corrected chi connectivity index (χ3v) is 5.35. The lowest BCUT2D eigenvalue weighted by Gasteiger charge is -2.04. The van der Waals surface area contributed by atoms with Gasteiger partial charge < -0.3 is 9.73 Å². The van der Waals surface area contributed by atoms with Crippen molar-refractivity contribution < 1.29 is 14.0 Å². The molecule has 0 atom stereocenters. The number of carbonyl (C=O) groups excluding carboxylic acids is 2. The fraction of sp³-hybridized carbons (Fsp3) is 0. The van der Waals surface area contributed by atoms with Crippen molar-refractivity contribution in [2.24, 2.45) is 0 Å². The molecule has 6 heteroatoms. The highest BCUT2D eigenvalue weighted by Gasteiger charge is 2.22. The van der Waals surface area contributed by atoms with Gasteiger partial charge in [-0.25, -0.2) is 0 Å². The quantitative estimate of drug-likeness (QED) is 0.254. The number of nitrogens with one attached hydrogen (secondary N) is 1. The third-order valence-electron chi connectivity index (χ3n) is 4.48. The topological polar surface area (TPSA) is 59.3 Å². The van der Waals surface area contributed by atoms with Gasteiger partial charge in [-0.1, -0.05) is 57.9 Å². The maximum atomic E-state index is 13.1. The van der Waals surface area contributed by atoms with Gasteiger partial charge in [0, 0.05) is 26.5 Å². The Hall–Kier alpha value is -3.15. The maximum absolute atomic E-state index is 13.1. The summed E-state index contributed by atoms with van der Waals surface area (Å²) in [5.41, 5.74) is 2.03. The Morgan fingerprint density at radius 2 is 1.63 bits per heavy atom. The predicted molar refractivity (Wildman–Crippen MR) is 123 cm³/mol. The first kappa shape index (κ1) is 20.1. The zero-order chi connectivity index (χ0) is 21.1. The van der Waals surface area contributed by atoms with Crippen LogP contribution in [0.2, 0.25) is 5.02 Å². The molecule has 4 aromatic rings. The van der Waals surface area contributed by atoms with E-state index in [1.165, 1.54) is 6.08 Å². The molecule has 0 aliphatic heterocycles. The van der Waals surface area contributed by atoms with Gasteiger partial charge in [-0.3, -0.25) is 9.59 Å². The molecule has 0 bridgehead atoms. The van der Waals surface area contributed by atoms with Crippen molar-refractivity contribution in [2.75, 3.05) is 5.32 Å². The summed E-state index contributed by atoms with van der Waals surface area (Å²) in [5.74, 6) is -0.631. The van der Waals surface area contributed by atoms with Gasteiger partial charge in [0.05, 0.1) is 5.69 Å². The van der Waals surface area contributed by atoms with Crippen LogP contribution in [0.4, 0.5) is 5.69 Å². The first-order chi connectivity index (χ1) is 14.5.